The van der Waals surface area contributed by atoms with Crippen LogP contribution in [0.25, 0.3) is 10.9 Å². The second-order valence-corrected chi connectivity index (χ2v) is 8.03. The van der Waals surface area contributed by atoms with Crippen LogP contribution in [0.1, 0.15) is 21.5 Å². The molecule has 4 rings (SSSR count). The van der Waals surface area contributed by atoms with Crippen LogP contribution in [0.4, 0.5) is 0 Å². The highest BCUT2D eigenvalue weighted by atomic mass is 32.2. The highest BCUT2D eigenvalue weighted by Gasteiger charge is 2.20. The lowest BCUT2D eigenvalue weighted by Crippen LogP contribution is -2.31. The van der Waals surface area contributed by atoms with Gasteiger partial charge in [-0.25, -0.2) is 0 Å². The van der Waals surface area contributed by atoms with Crippen molar-refractivity contribution >= 4 is 28.2 Å². The zero-order chi connectivity index (χ0) is 21.1. The predicted molar refractivity (Wildman–Crippen MR) is 117 cm³/mol. The Morgan fingerprint density at radius 2 is 1.90 bits per heavy atom. The molecule has 7 heteroatoms. The summed E-state index contributed by atoms with van der Waals surface area (Å²) in [6.07, 6.45) is 1.82. The molecule has 3 aromatic carbocycles. The van der Waals surface area contributed by atoms with E-state index in [1.54, 1.807) is 31.4 Å². The van der Waals surface area contributed by atoms with Gasteiger partial charge >= 0.3 is 0 Å². The summed E-state index contributed by atoms with van der Waals surface area (Å²) < 4.78 is 22.5. The Morgan fingerprint density at radius 3 is 2.70 bits per heavy atom. The number of benzene rings is 3. The van der Waals surface area contributed by atoms with E-state index in [9.17, 15) is 9.35 Å². The van der Waals surface area contributed by atoms with E-state index in [0.717, 1.165) is 22.0 Å². The molecule has 1 aromatic heterocycles. The topological polar surface area (TPSA) is 79.2 Å². The van der Waals surface area contributed by atoms with Gasteiger partial charge in [0.25, 0.3) is 5.91 Å². The summed E-state index contributed by atoms with van der Waals surface area (Å²) in [5.41, 5.74) is 3.15. The van der Waals surface area contributed by atoms with Gasteiger partial charge < -0.3 is 9.29 Å². The third-order valence-corrected chi connectivity index (χ3v) is 6.13. The molecule has 1 atom stereocenters. The summed E-state index contributed by atoms with van der Waals surface area (Å²) in [7, 11) is 1.56. The van der Waals surface area contributed by atoms with E-state index in [1.807, 2.05) is 60.3 Å². The third kappa shape index (κ3) is 4.03. The second-order valence-electron chi connectivity index (χ2n) is 6.85. The summed E-state index contributed by atoms with van der Waals surface area (Å²) in [4.78, 5) is 13.2. The Hall–Kier alpha value is -3.29. The minimum Gasteiger partial charge on any atom is -0.588 e. The molecular weight excluding hydrogens is 398 g/mol. The number of aromatic nitrogens is 2. The molecule has 0 aliphatic rings. The highest BCUT2D eigenvalue weighted by molar-refractivity contribution is 7.90. The monoisotopic (exact) mass is 419 g/mol. The number of amides is 1. The number of hydrogen-bond acceptors (Lipinski definition) is 4. The Kier molecular flexibility index (Phi) is 5.74. The van der Waals surface area contributed by atoms with Crippen molar-refractivity contribution in [2.75, 3.05) is 7.11 Å². The maximum absolute atomic E-state index is 12.6. The maximum Gasteiger partial charge on any atom is 0.292 e. The van der Waals surface area contributed by atoms with Gasteiger partial charge in [-0.05, 0) is 31.2 Å². The number of carbonyl (C=O) groups excluding carboxylic acids is 1. The minimum absolute atomic E-state index is 0.378. The number of nitrogens with zero attached hydrogens (tertiary/aromatic N) is 2. The Balaban J connectivity index is 1.54. The predicted octanol–water partition coefficient (Wildman–Crippen LogP) is 3.85. The molecule has 6 nitrogen and oxygen atoms in total. The van der Waals surface area contributed by atoms with Gasteiger partial charge in [0.1, 0.15) is 17.1 Å². The van der Waals surface area contributed by atoms with E-state index < -0.39 is 17.3 Å². The minimum atomic E-state index is -1.64. The lowest BCUT2D eigenvalue weighted by Gasteiger charge is -2.14. The quantitative estimate of drug-likeness (QED) is 0.482. The van der Waals surface area contributed by atoms with Crippen LogP contribution in [0.15, 0.2) is 77.8 Å². The lowest BCUT2D eigenvalue weighted by atomic mass is 10.1. The van der Waals surface area contributed by atoms with Gasteiger partial charge in [-0.1, -0.05) is 42.5 Å². The first kappa shape index (κ1) is 20.0. The van der Waals surface area contributed by atoms with Crippen LogP contribution in [0.5, 0.6) is 5.75 Å². The Bertz CT molecular complexity index is 1210. The van der Waals surface area contributed by atoms with Crippen molar-refractivity contribution in [2.45, 2.75) is 18.4 Å². The molecule has 0 saturated carbocycles. The van der Waals surface area contributed by atoms with Crippen LogP contribution in [0.2, 0.25) is 0 Å². The molecule has 0 fully saturated rings. The van der Waals surface area contributed by atoms with Gasteiger partial charge in [-0.2, -0.15) is 9.82 Å². The zero-order valence-electron chi connectivity index (χ0n) is 16.7. The molecule has 1 amide bonds. The second kappa shape index (κ2) is 8.61. The van der Waals surface area contributed by atoms with Crippen molar-refractivity contribution in [3.8, 4) is 5.75 Å². The fourth-order valence-electron chi connectivity index (χ4n) is 3.29. The lowest BCUT2D eigenvalue weighted by molar-refractivity contribution is 0.0981. The highest BCUT2D eigenvalue weighted by Crippen LogP contribution is 2.24. The van der Waals surface area contributed by atoms with Gasteiger partial charge in [0.2, 0.25) is 0 Å². The van der Waals surface area contributed by atoms with Crippen LogP contribution in [0, 0.1) is 6.92 Å². The summed E-state index contributed by atoms with van der Waals surface area (Å²) in [5, 5.41) is 5.51. The van der Waals surface area contributed by atoms with Crippen molar-refractivity contribution in [2.24, 2.45) is 0 Å². The van der Waals surface area contributed by atoms with Gasteiger partial charge in [-0.15, -0.1) is 0 Å². The van der Waals surface area contributed by atoms with Crippen LogP contribution >= 0.6 is 0 Å². The SMILES string of the molecule is COc1cc(C(=O)N[S+]([O-])c2ccccc2C)ccc1Cn1ncc2ccccc21. The molecule has 0 aliphatic heterocycles. The number of ether oxygens (including phenoxy) is 1. The number of methoxy groups -OCH3 is 1. The van der Waals surface area contributed by atoms with Gasteiger partial charge in [0.15, 0.2) is 4.90 Å². The van der Waals surface area contributed by atoms with Crippen LogP contribution in [-0.2, 0) is 17.9 Å². The third-order valence-electron chi connectivity index (χ3n) is 4.90. The van der Waals surface area contributed by atoms with Gasteiger partial charge in [0.05, 0.1) is 25.4 Å². The van der Waals surface area contributed by atoms with Crippen molar-refractivity contribution in [1.82, 2.24) is 14.5 Å². The number of nitrogens with one attached hydrogen (secondary N) is 1. The van der Waals surface area contributed by atoms with E-state index in [-0.39, 0.29) is 0 Å². The molecule has 1 N–H and O–H groups in total. The fraction of sp³-hybridized carbons (Fsp3) is 0.130. The fourth-order valence-corrected chi connectivity index (χ4v) is 4.25. The number of para-hydroxylation sites is 1. The normalized spacial score (nSPS) is 12.0. The molecule has 1 unspecified atom stereocenters. The first-order chi connectivity index (χ1) is 14.6. The summed E-state index contributed by atoms with van der Waals surface area (Å²) in [6.45, 7) is 2.37. The summed E-state index contributed by atoms with van der Waals surface area (Å²) in [5.74, 6) is 0.148. The molecule has 152 valence electrons. The first-order valence-electron chi connectivity index (χ1n) is 9.42. The van der Waals surface area contributed by atoms with E-state index >= 15 is 0 Å². The molecule has 0 radical (unpaired) electrons. The largest absolute Gasteiger partial charge is 0.588 e. The molecule has 0 bridgehead atoms. The zero-order valence-corrected chi connectivity index (χ0v) is 17.5. The average molecular weight is 420 g/mol. The number of hydrogen-bond donors (Lipinski definition) is 1. The number of fused-ring (bicyclic) bond motifs is 1. The first-order valence-corrected chi connectivity index (χ1v) is 10.6. The number of carbonyl (C=O) groups is 1. The molecule has 0 spiro atoms. The maximum atomic E-state index is 12.6. The molecular formula is C23H21N3O3S. The molecule has 1 heterocycles. The Morgan fingerprint density at radius 1 is 1.13 bits per heavy atom. The van der Waals surface area contributed by atoms with Crippen molar-refractivity contribution in [3.63, 3.8) is 0 Å². The van der Waals surface area contributed by atoms with Crippen LogP contribution in [0.3, 0.4) is 0 Å². The van der Waals surface area contributed by atoms with E-state index in [1.165, 1.54) is 0 Å². The van der Waals surface area contributed by atoms with Crippen molar-refractivity contribution in [1.29, 1.82) is 0 Å². The summed E-state index contributed by atoms with van der Waals surface area (Å²) in [6, 6.07) is 20.4. The summed E-state index contributed by atoms with van der Waals surface area (Å²) >= 11 is -1.64. The van der Waals surface area contributed by atoms with Crippen LogP contribution in [-0.4, -0.2) is 27.4 Å². The van der Waals surface area contributed by atoms with Crippen molar-refractivity contribution < 1.29 is 14.1 Å². The average Bonchev–Trinajstić information content (AvgIpc) is 3.17. The smallest absolute Gasteiger partial charge is 0.292 e. The number of aryl methyl sites for hydroxylation is 1. The van der Waals surface area contributed by atoms with E-state index in [2.05, 4.69) is 9.82 Å². The molecule has 30 heavy (non-hydrogen) atoms. The van der Waals surface area contributed by atoms with Crippen molar-refractivity contribution in [3.05, 3.63) is 89.6 Å². The molecule has 0 saturated heterocycles. The van der Waals surface area contributed by atoms with Gasteiger partial charge in [0, 0.05) is 22.1 Å². The van der Waals surface area contributed by atoms with Crippen LogP contribution < -0.4 is 9.46 Å². The molecule has 4 aromatic rings. The van der Waals surface area contributed by atoms with E-state index in [0.29, 0.717) is 22.8 Å². The van der Waals surface area contributed by atoms with E-state index in [4.69, 9.17) is 4.74 Å². The number of rotatable bonds is 6. The molecule has 0 aliphatic carbocycles. The van der Waals surface area contributed by atoms with Gasteiger partial charge in [-0.3, -0.25) is 9.48 Å². The Labute approximate surface area is 177 Å². The standard InChI is InChI=1S/C23H21N3O3S/c1-16-7-3-6-10-22(16)30(28)25-23(27)17-11-12-19(21(13-17)29-2)15-26-20-9-5-4-8-18(20)14-24-26/h3-14H,15H2,1-2H3,(H,25,27).